The lowest BCUT2D eigenvalue weighted by atomic mass is 10.0. The van der Waals surface area contributed by atoms with E-state index in [4.69, 9.17) is 4.74 Å². The molecule has 0 bridgehead atoms. The zero-order chi connectivity index (χ0) is 22.0. The summed E-state index contributed by atoms with van der Waals surface area (Å²) in [6.07, 6.45) is 3.95. The second-order valence-electron chi connectivity index (χ2n) is 8.65. The molecule has 4 rings (SSSR count). The van der Waals surface area contributed by atoms with E-state index in [1.54, 1.807) is 35.7 Å². The van der Waals surface area contributed by atoms with Gasteiger partial charge < -0.3 is 9.64 Å². The third-order valence-electron chi connectivity index (χ3n) is 6.12. The lowest BCUT2D eigenvalue weighted by molar-refractivity contribution is 0.0730. The Kier molecular flexibility index (Phi) is 6.34. The molecule has 1 atom stereocenters. The molecule has 1 heterocycles. The maximum absolute atomic E-state index is 13.2. The molecule has 1 aliphatic heterocycles. The summed E-state index contributed by atoms with van der Waals surface area (Å²) in [7, 11) is -1.89. The van der Waals surface area contributed by atoms with Crippen LogP contribution in [0.1, 0.15) is 48.5 Å². The van der Waals surface area contributed by atoms with Crippen molar-refractivity contribution >= 4 is 15.9 Å². The highest BCUT2D eigenvalue weighted by Crippen LogP contribution is 2.31. The molecule has 1 saturated heterocycles. The summed E-state index contributed by atoms with van der Waals surface area (Å²) >= 11 is 0. The van der Waals surface area contributed by atoms with Crippen LogP contribution in [0.15, 0.2) is 53.4 Å². The van der Waals surface area contributed by atoms with Crippen LogP contribution in [-0.4, -0.2) is 49.8 Å². The first-order valence-corrected chi connectivity index (χ1v) is 12.4. The summed E-state index contributed by atoms with van der Waals surface area (Å²) in [6, 6.07) is 14.4. The Labute approximate surface area is 184 Å². The molecule has 2 fully saturated rings. The molecule has 7 heteroatoms. The van der Waals surface area contributed by atoms with Crippen molar-refractivity contribution in [2.75, 3.05) is 20.2 Å². The highest BCUT2D eigenvalue weighted by molar-refractivity contribution is 7.89. The van der Waals surface area contributed by atoms with E-state index < -0.39 is 10.0 Å². The number of sulfonamides is 1. The molecule has 0 N–H and O–H groups in total. The molecule has 0 radical (unpaired) electrons. The number of piperidine rings is 1. The molecule has 1 aliphatic carbocycles. The number of nitrogens with zero attached hydrogens (tertiary/aromatic N) is 2. The molecule has 0 aromatic heterocycles. The van der Waals surface area contributed by atoms with E-state index in [2.05, 4.69) is 6.92 Å². The standard InChI is InChI=1S/C24H30N2O4S/c1-18-4-3-15-25(16-18)31(28,29)23-13-7-20(8-14-23)24(27)26(21-9-10-21)17-19-5-11-22(30-2)12-6-19/h5-8,11-14,18,21H,3-4,9-10,15-17H2,1-2H3/t18-/m0/s1. The van der Waals surface area contributed by atoms with Crippen LogP contribution in [0, 0.1) is 5.92 Å². The van der Waals surface area contributed by atoms with Crippen LogP contribution in [-0.2, 0) is 16.6 Å². The maximum Gasteiger partial charge on any atom is 0.254 e. The van der Waals surface area contributed by atoms with Gasteiger partial charge in [0.1, 0.15) is 5.75 Å². The lowest BCUT2D eigenvalue weighted by Crippen LogP contribution is -2.39. The topological polar surface area (TPSA) is 66.9 Å². The zero-order valence-electron chi connectivity index (χ0n) is 18.2. The molecular weight excluding hydrogens is 412 g/mol. The Morgan fingerprint density at radius 2 is 1.74 bits per heavy atom. The minimum Gasteiger partial charge on any atom is -0.497 e. The fourth-order valence-corrected chi connectivity index (χ4v) is 5.73. The molecule has 2 aromatic rings. The molecule has 2 aromatic carbocycles. The zero-order valence-corrected chi connectivity index (χ0v) is 19.0. The third-order valence-corrected chi connectivity index (χ3v) is 8.00. The van der Waals surface area contributed by atoms with Gasteiger partial charge in [0.15, 0.2) is 0 Å². The number of benzene rings is 2. The molecule has 1 amide bonds. The number of ether oxygens (including phenoxy) is 1. The second kappa shape index (κ2) is 9.01. The molecular formula is C24H30N2O4S. The van der Waals surface area contributed by atoms with Crippen LogP contribution in [0.5, 0.6) is 5.75 Å². The summed E-state index contributed by atoms with van der Waals surface area (Å²) in [6.45, 7) is 3.73. The smallest absolute Gasteiger partial charge is 0.254 e. The predicted octanol–water partition coefficient (Wildman–Crippen LogP) is 3.92. The minimum atomic E-state index is -3.52. The van der Waals surface area contributed by atoms with Gasteiger partial charge in [-0.2, -0.15) is 4.31 Å². The highest BCUT2D eigenvalue weighted by Gasteiger charge is 2.33. The summed E-state index contributed by atoms with van der Waals surface area (Å²) in [4.78, 5) is 15.3. The van der Waals surface area contributed by atoms with Crippen LogP contribution in [0.25, 0.3) is 0 Å². The van der Waals surface area contributed by atoms with Crippen LogP contribution in [0.3, 0.4) is 0 Å². The monoisotopic (exact) mass is 442 g/mol. The van der Waals surface area contributed by atoms with Gasteiger partial charge in [0.25, 0.3) is 5.91 Å². The van der Waals surface area contributed by atoms with Crippen molar-refractivity contribution in [1.29, 1.82) is 0 Å². The summed E-state index contributed by atoms with van der Waals surface area (Å²) in [5.41, 5.74) is 1.56. The molecule has 6 nitrogen and oxygen atoms in total. The number of carbonyl (C=O) groups excluding carboxylic acids is 1. The van der Waals surface area contributed by atoms with E-state index in [9.17, 15) is 13.2 Å². The van der Waals surface area contributed by atoms with Gasteiger partial charge in [-0.25, -0.2) is 8.42 Å². The van der Waals surface area contributed by atoms with Crippen LogP contribution >= 0.6 is 0 Å². The summed E-state index contributed by atoms with van der Waals surface area (Å²) < 4.78 is 32.7. The van der Waals surface area contributed by atoms with Gasteiger partial charge in [-0.05, 0) is 73.6 Å². The van der Waals surface area contributed by atoms with E-state index >= 15 is 0 Å². The average Bonchev–Trinajstić information content (AvgIpc) is 3.63. The molecule has 1 saturated carbocycles. The fraction of sp³-hybridized carbons (Fsp3) is 0.458. The third kappa shape index (κ3) is 4.93. The predicted molar refractivity (Wildman–Crippen MR) is 119 cm³/mol. The van der Waals surface area contributed by atoms with Gasteiger partial charge >= 0.3 is 0 Å². The molecule has 0 spiro atoms. The van der Waals surface area contributed by atoms with E-state index in [0.29, 0.717) is 31.1 Å². The van der Waals surface area contributed by atoms with E-state index in [0.717, 1.165) is 37.0 Å². The highest BCUT2D eigenvalue weighted by atomic mass is 32.2. The molecule has 166 valence electrons. The van der Waals surface area contributed by atoms with Crippen molar-refractivity contribution in [3.63, 3.8) is 0 Å². The summed E-state index contributed by atoms with van der Waals surface area (Å²) in [5, 5.41) is 0. The normalized spacial score (nSPS) is 19.7. The van der Waals surface area contributed by atoms with E-state index in [-0.39, 0.29) is 16.8 Å². The van der Waals surface area contributed by atoms with Gasteiger partial charge in [-0.1, -0.05) is 19.1 Å². The fourth-order valence-electron chi connectivity index (χ4n) is 4.13. The average molecular weight is 443 g/mol. The molecule has 2 aliphatic rings. The Hall–Kier alpha value is -2.38. The van der Waals surface area contributed by atoms with Crippen molar-refractivity contribution in [3.05, 3.63) is 59.7 Å². The Balaban J connectivity index is 1.49. The summed E-state index contributed by atoms with van der Waals surface area (Å²) in [5.74, 6) is 1.09. The number of carbonyl (C=O) groups is 1. The van der Waals surface area contributed by atoms with Crippen molar-refractivity contribution in [1.82, 2.24) is 9.21 Å². The van der Waals surface area contributed by atoms with E-state index in [1.807, 2.05) is 29.2 Å². The van der Waals surface area contributed by atoms with Gasteiger partial charge in [0.2, 0.25) is 10.0 Å². The van der Waals surface area contributed by atoms with Crippen LogP contribution in [0.4, 0.5) is 0 Å². The van der Waals surface area contributed by atoms with Crippen LogP contribution < -0.4 is 4.74 Å². The van der Waals surface area contributed by atoms with Gasteiger partial charge in [-0.3, -0.25) is 4.79 Å². The van der Waals surface area contributed by atoms with Gasteiger partial charge in [0, 0.05) is 31.2 Å². The van der Waals surface area contributed by atoms with E-state index in [1.165, 1.54) is 0 Å². The number of amides is 1. The Bertz CT molecular complexity index is 1010. The number of rotatable bonds is 7. The molecule has 0 unspecified atom stereocenters. The van der Waals surface area contributed by atoms with Crippen LogP contribution in [0.2, 0.25) is 0 Å². The first-order chi connectivity index (χ1) is 14.9. The first-order valence-electron chi connectivity index (χ1n) is 10.9. The number of hydrogen-bond acceptors (Lipinski definition) is 4. The first kappa shape index (κ1) is 21.8. The van der Waals surface area contributed by atoms with Gasteiger partial charge in [0.05, 0.1) is 12.0 Å². The number of methoxy groups -OCH3 is 1. The maximum atomic E-state index is 13.2. The molecule has 31 heavy (non-hydrogen) atoms. The van der Waals surface area contributed by atoms with Crippen molar-refractivity contribution in [2.45, 2.75) is 50.1 Å². The quantitative estimate of drug-likeness (QED) is 0.652. The van der Waals surface area contributed by atoms with Crippen molar-refractivity contribution in [3.8, 4) is 5.75 Å². The van der Waals surface area contributed by atoms with Crippen molar-refractivity contribution in [2.24, 2.45) is 5.92 Å². The minimum absolute atomic E-state index is 0.0612. The SMILES string of the molecule is COc1ccc(CN(C(=O)c2ccc(S(=O)(=O)N3CCC[C@H](C)C3)cc2)C2CC2)cc1. The van der Waals surface area contributed by atoms with Crippen molar-refractivity contribution < 1.29 is 17.9 Å². The largest absolute Gasteiger partial charge is 0.497 e. The van der Waals surface area contributed by atoms with Gasteiger partial charge in [-0.15, -0.1) is 0 Å². The number of hydrogen-bond donors (Lipinski definition) is 0. The second-order valence-corrected chi connectivity index (χ2v) is 10.6. The Morgan fingerprint density at radius 1 is 1.06 bits per heavy atom. The Morgan fingerprint density at radius 3 is 2.32 bits per heavy atom. The lowest BCUT2D eigenvalue weighted by Gasteiger charge is -2.30.